The summed E-state index contributed by atoms with van der Waals surface area (Å²) in [6, 6.07) is 0.0715. The predicted octanol–water partition coefficient (Wildman–Crippen LogP) is 1.81. The molecular formula is C19H36N4O5. The minimum atomic E-state index is -0.553. The van der Waals surface area contributed by atoms with E-state index in [-0.39, 0.29) is 30.9 Å². The molecule has 162 valence electrons. The molecule has 0 aromatic carbocycles. The van der Waals surface area contributed by atoms with Crippen LogP contribution < -0.4 is 5.90 Å². The predicted molar refractivity (Wildman–Crippen MR) is 105 cm³/mol. The van der Waals surface area contributed by atoms with Gasteiger partial charge in [-0.15, -0.1) is 0 Å². The fourth-order valence-electron chi connectivity index (χ4n) is 3.57. The van der Waals surface area contributed by atoms with Crippen LogP contribution in [-0.2, 0) is 14.3 Å². The first-order valence-electron chi connectivity index (χ1n) is 9.93. The molecular weight excluding hydrogens is 364 g/mol. The first-order chi connectivity index (χ1) is 12.9. The summed E-state index contributed by atoms with van der Waals surface area (Å²) >= 11 is 0. The van der Waals surface area contributed by atoms with Gasteiger partial charge in [0.1, 0.15) is 11.2 Å². The van der Waals surface area contributed by atoms with Crippen LogP contribution in [0.15, 0.2) is 0 Å². The van der Waals surface area contributed by atoms with Crippen molar-refractivity contribution in [3.63, 3.8) is 0 Å². The highest BCUT2D eigenvalue weighted by molar-refractivity contribution is 5.69. The van der Waals surface area contributed by atoms with Gasteiger partial charge >= 0.3 is 12.2 Å². The fourth-order valence-corrected chi connectivity index (χ4v) is 3.57. The molecule has 1 unspecified atom stereocenters. The number of ether oxygens (including phenoxy) is 2. The average molecular weight is 401 g/mol. The van der Waals surface area contributed by atoms with Gasteiger partial charge in [-0.2, -0.15) is 0 Å². The summed E-state index contributed by atoms with van der Waals surface area (Å²) in [5.41, 5.74) is -1.05. The van der Waals surface area contributed by atoms with Crippen LogP contribution in [0.25, 0.3) is 0 Å². The van der Waals surface area contributed by atoms with E-state index < -0.39 is 11.2 Å². The van der Waals surface area contributed by atoms with Crippen molar-refractivity contribution in [3.05, 3.63) is 0 Å². The maximum atomic E-state index is 12.6. The molecule has 2 aliphatic heterocycles. The van der Waals surface area contributed by atoms with Crippen molar-refractivity contribution in [3.8, 4) is 0 Å². The molecule has 0 saturated carbocycles. The summed E-state index contributed by atoms with van der Waals surface area (Å²) in [6.07, 6.45) is 0.149. The highest BCUT2D eigenvalue weighted by atomic mass is 16.6. The molecule has 2 amide bonds. The van der Waals surface area contributed by atoms with Crippen LogP contribution in [0, 0.1) is 0 Å². The quantitative estimate of drug-likeness (QED) is 0.722. The van der Waals surface area contributed by atoms with Gasteiger partial charge in [-0.1, -0.05) is 0 Å². The second-order valence-corrected chi connectivity index (χ2v) is 9.51. The molecule has 2 atom stereocenters. The monoisotopic (exact) mass is 400 g/mol. The molecule has 2 N–H and O–H groups in total. The van der Waals surface area contributed by atoms with Crippen LogP contribution in [0.1, 0.15) is 48.0 Å². The third kappa shape index (κ3) is 6.49. The van der Waals surface area contributed by atoms with E-state index in [0.29, 0.717) is 19.6 Å². The number of rotatable bonds is 3. The second-order valence-electron chi connectivity index (χ2n) is 9.51. The van der Waals surface area contributed by atoms with Crippen molar-refractivity contribution in [2.45, 2.75) is 71.2 Å². The van der Waals surface area contributed by atoms with Crippen LogP contribution in [0.4, 0.5) is 9.59 Å². The Morgan fingerprint density at radius 3 is 1.96 bits per heavy atom. The van der Waals surface area contributed by atoms with E-state index in [1.165, 1.54) is 0 Å². The van der Waals surface area contributed by atoms with Gasteiger partial charge in [-0.05, 0) is 48.0 Å². The molecule has 0 bridgehead atoms. The molecule has 0 aromatic rings. The van der Waals surface area contributed by atoms with Gasteiger partial charge in [0, 0.05) is 38.8 Å². The Morgan fingerprint density at radius 2 is 1.46 bits per heavy atom. The molecule has 2 heterocycles. The topological polar surface area (TPSA) is 97.6 Å². The lowest BCUT2D eigenvalue weighted by molar-refractivity contribution is 0.00824. The first kappa shape index (κ1) is 22.7. The molecule has 0 spiro atoms. The Balaban J connectivity index is 1.92. The number of piperazine rings is 1. The van der Waals surface area contributed by atoms with Crippen LogP contribution in [0.3, 0.4) is 0 Å². The summed E-state index contributed by atoms with van der Waals surface area (Å²) in [4.78, 5) is 35.4. The lowest BCUT2D eigenvalue weighted by Gasteiger charge is -2.38. The van der Waals surface area contributed by atoms with Gasteiger partial charge in [0.15, 0.2) is 0 Å². The summed E-state index contributed by atoms with van der Waals surface area (Å²) in [7, 11) is 0. The minimum absolute atomic E-state index is 0.117. The number of hydrogen-bond donors (Lipinski definition) is 1. The molecule has 9 heteroatoms. The third-order valence-electron chi connectivity index (χ3n) is 4.79. The van der Waals surface area contributed by atoms with E-state index in [9.17, 15) is 9.59 Å². The van der Waals surface area contributed by atoms with E-state index in [1.807, 2.05) is 41.5 Å². The molecule has 0 aliphatic carbocycles. The van der Waals surface area contributed by atoms with Gasteiger partial charge in [0.25, 0.3) is 0 Å². The third-order valence-corrected chi connectivity index (χ3v) is 4.79. The Labute approximate surface area is 168 Å². The van der Waals surface area contributed by atoms with Crippen molar-refractivity contribution >= 4 is 12.2 Å². The highest BCUT2D eigenvalue weighted by Crippen LogP contribution is 2.26. The Hall–Kier alpha value is -1.58. The van der Waals surface area contributed by atoms with Crippen LogP contribution >= 0.6 is 0 Å². The van der Waals surface area contributed by atoms with Gasteiger partial charge in [-0.25, -0.2) is 15.5 Å². The van der Waals surface area contributed by atoms with Crippen molar-refractivity contribution < 1.29 is 23.9 Å². The van der Waals surface area contributed by atoms with Gasteiger partial charge in [0.2, 0.25) is 0 Å². The van der Waals surface area contributed by atoms with E-state index in [1.54, 1.807) is 9.80 Å². The lowest BCUT2D eigenvalue weighted by atomic mass is 10.1. The van der Waals surface area contributed by atoms with Crippen molar-refractivity contribution in [2.75, 3.05) is 39.3 Å². The largest absolute Gasteiger partial charge is 0.444 e. The SMILES string of the molecule is CC(C)(C)OC(=O)N1CCN([C@@H]2CC(CON)N(C(=O)OC(C)(C)C)C2)CC1. The van der Waals surface area contributed by atoms with E-state index in [2.05, 4.69) is 4.90 Å². The van der Waals surface area contributed by atoms with E-state index >= 15 is 0 Å². The molecule has 2 rings (SSSR count). The summed E-state index contributed by atoms with van der Waals surface area (Å²) in [5, 5.41) is 0. The molecule has 2 aliphatic rings. The summed E-state index contributed by atoms with van der Waals surface area (Å²) in [6.45, 7) is 14.7. The average Bonchev–Trinajstić information content (AvgIpc) is 2.96. The van der Waals surface area contributed by atoms with Crippen LogP contribution in [0.5, 0.6) is 0 Å². The maximum Gasteiger partial charge on any atom is 0.410 e. The molecule has 2 fully saturated rings. The molecule has 0 aromatic heterocycles. The van der Waals surface area contributed by atoms with Crippen LogP contribution in [-0.4, -0.2) is 89.5 Å². The molecule has 2 saturated heterocycles. The molecule has 0 radical (unpaired) electrons. The molecule has 28 heavy (non-hydrogen) atoms. The highest BCUT2D eigenvalue weighted by Gasteiger charge is 2.41. The van der Waals surface area contributed by atoms with Crippen molar-refractivity contribution in [2.24, 2.45) is 5.90 Å². The minimum Gasteiger partial charge on any atom is -0.444 e. The first-order valence-corrected chi connectivity index (χ1v) is 9.93. The molecule has 9 nitrogen and oxygen atoms in total. The Morgan fingerprint density at radius 1 is 0.929 bits per heavy atom. The number of amides is 2. The second kappa shape index (κ2) is 8.84. The number of likely N-dealkylation sites (tertiary alicyclic amines) is 1. The summed E-state index contributed by atoms with van der Waals surface area (Å²) < 4.78 is 11.0. The number of carbonyl (C=O) groups excluding carboxylic acids is 2. The number of hydrogen-bond acceptors (Lipinski definition) is 7. The Bertz CT molecular complexity index is 550. The zero-order chi connectivity index (χ0) is 21.1. The van der Waals surface area contributed by atoms with Gasteiger partial charge in [-0.3, -0.25) is 4.90 Å². The standard InChI is InChI=1S/C19H36N4O5/c1-18(2,3)27-16(24)22-9-7-21(8-10-22)14-11-15(13-26-20)23(12-14)17(25)28-19(4,5)6/h14-15H,7-13,20H2,1-6H3/t14-,15?/m1/s1. The zero-order valence-electron chi connectivity index (χ0n) is 18.1. The number of carbonyl (C=O) groups is 2. The van der Waals surface area contributed by atoms with E-state index in [0.717, 1.165) is 19.5 Å². The smallest absolute Gasteiger partial charge is 0.410 e. The van der Waals surface area contributed by atoms with Gasteiger partial charge in [0.05, 0.1) is 12.6 Å². The fraction of sp³-hybridized carbons (Fsp3) is 0.895. The van der Waals surface area contributed by atoms with Crippen molar-refractivity contribution in [1.82, 2.24) is 14.7 Å². The normalized spacial score (nSPS) is 24.4. The van der Waals surface area contributed by atoms with Crippen molar-refractivity contribution in [1.29, 1.82) is 0 Å². The Kier molecular flexibility index (Phi) is 7.17. The zero-order valence-corrected chi connectivity index (χ0v) is 18.1. The van der Waals surface area contributed by atoms with E-state index in [4.69, 9.17) is 20.2 Å². The summed E-state index contributed by atoms with van der Waals surface area (Å²) in [5.74, 6) is 5.27. The van der Waals surface area contributed by atoms with Gasteiger partial charge < -0.3 is 24.1 Å². The van der Waals surface area contributed by atoms with Crippen LogP contribution in [0.2, 0.25) is 0 Å². The number of nitrogens with zero attached hydrogens (tertiary/aromatic N) is 3. The maximum absolute atomic E-state index is 12.6. The lowest BCUT2D eigenvalue weighted by Crippen LogP contribution is -2.53. The number of nitrogens with two attached hydrogens (primary N) is 1.